The second-order valence-corrected chi connectivity index (χ2v) is 0.696. The quantitative estimate of drug-likeness (QED) is 0.254. The molecule has 0 rings (SSSR count). The number of carbonyl (C=O) groups is 1. The summed E-state index contributed by atoms with van der Waals surface area (Å²) in [4.78, 5) is 9.59. The minimum atomic E-state index is -0.245. The zero-order valence-electron chi connectivity index (χ0n) is 6.82. The van der Waals surface area contributed by atoms with Gasteiger partial charge in [0.2, 0.25) is 0 Å². The maximum atomic E-state index is 9.59. The van der Waals surface area contributed by atoms with Crippen LogP contribution in [0.3, 0.4) is 0 Å². The molecule has 0 spiro atoms. The monoisotopic (exact) mass is 152 g/mol. The normalized spacial score (nSPS) is 3.78. The molecule has 0 bridgehead atoms. The van der Waals surface area contributed by atoms with Gasteiger partial charge in [-0.05, 0) is 0 Å². The summed E-state index contributed by atoms with van der Waals surface area (Å²) in [5.74, 6) is -0.245. The number of ether oxygens (including phenoxy) is 1. The number of rotatable bonds is 0. The van der Waals surface area contributed by atoms with Gasteiger partial charge in [-0.2, -0.15) is 0 Å². The smallest absolute Gasteiger partial charge is 1.00 e. The number of esters is 1. The minimum Gasteiger partial charge on any atom is -1.00 e. The van der Waals surface area contributed by atoms with Crippen molar-refractivity contribution in [2.75, 3.05) is 7.11 Å². The predicted molar refractivity (Wildman–Crippen MR) is 29.6 cm³/mol. The first-order valence-electron chi connectivity index (χ1n) is 1.32. The number of hydrogen-bond acceptors (Lipinski definition) is 2. The summed E-state index contributed by atoms with van der Waals surface area (Å²) in [5.41, 5.74) is 0. The molecule has 6 N–H and O–H groups in total. The first-order valence-corrected chi connectivity index (χ1v) is 1.32. The Morgan fingerprint density at radius 1 is 1.33 bits per heavy atom. The van der Waals surface area contributed by atoms with E-state index in [9.17, 15) is 4.79 Å². The van der Waals surface area contributed by atoms with Crippen molar-refractivity contribution in [3.05, 3.63) is 0 Å². The first-order chi connectivity index (χ1) is 2.27. The van der Waals surface area contributed by atoms with Crippen LogP contribution < -0.4 is 29.6 Å². The van der Waals surface area contributed by atoms with Crippen LogP contribution in [0, 0.1) is 0 Å². The number of hydrogen-bond donors (Lipinski definition) is 0. The second kappa shape index (κ2) is 23.8. The third-order valence-electron chi connectivity index (χ3n) is 0.287. The van der Waals surface area contributed by atoms with Gasteiger partial charge in [-0.25, -0.2) is 0 Å². The Labute approximate surface area is 77.1 Å². The molecule has 5 nitrogen and oxygen atoms in total. The van der Waals surface area contributed by atoms with E-state index < -0.39 is 0 Å². The molecule has 6 heteroatoms. The third kappa shape index (κ3) is 61.0. The molecule has 0 aliphatic carbocycles. The van der Waals surface area contributed by atoms with Crippen LogP contribution in [0.1, 0.15) is 8.35 Å². The van der Waals surface area contributed by atoms with Crippen molar-refractivity contribution in [3.8, 4) is 0 Å². The Bertz CT molecular complexity index is 52.2. The Morgan fingerprint density at radius 3 is 1.44 bits per heavy atom. The largest absolute Gasteiger partial charge is 1.00 e. The second-order valence-electron chi connectivity index (χ2n) is 0.696. The van der Waals surface area contributed by atoms with Crippen molar-refractivity contribution >= 4 is 5.97 Å². The fraction of sp³-hybridized carbons (Fsp3) is 0.667. The molecule has 0 aromatic heterocycles. The maximum Gasteiger partial charge on any atom is 1.00 e. The number of methoxy groups -OCH3 is 1. The average Bonchev–Trinajstić information content (AvgIpc) is 1.38. The molecule has 56 valence electrons. The Balaban J connectivity index is -0.00000000800. The maximum absolute atomic E-state index is 9.59. The zero-order valence-corrected chi connectivity index (χ0v) is 7.82. The summed E-state index contributed by atoms with van der Waals surface area (Å²) < 4.78 is 4.11. The summed E-state index contributed by atoms with van der Waals surface area (Å²) in [5, 5.41) is 0. The van der Waals surface area contributed by atoms with Crippen LogP contribution in [-0.4, -0.2) is 29.5 Å². The molecule has 0 aliphatic heterocycles. The van der Waals surface area contributed by atoms with Gasteiger partial charge in [0.05, 0.1) is 7.11 Å². The van der Waals surface area contributed by atoms with Gasteiger partial charge in [0, 0.05) is 6.92 Å². The van der Waals surface area contributed by atoms with Gasteiger partial charge >= 0.3 is 35.5 Å². The van der Waals surface area contributed by atoms with Gasteiger partial charge in [0.25, 0.3) is 0 Å². The fourth-order valence-electron chi connectivity index (χ4n) is 0. The van der Waals surface area contributed by atoms with Gasteiger partial charge in [-0.15, -0.1) is 0 Å². The van der Waals surface area contributed by atoms with Crippen molar-refractivity contribution in [2.24, 2.45) is 0 Å². The summed E-state index contributed by atoms with van der Waals surface area (Å²) >= 11 is 0. The van der Waals surface area contributed by atoms with E-state index in [2.05, 4.69) is 4.74 Å². The summed E-state index contributed by atoms with van der Waals surface area (Å²) in [6.45, 7) is 1.36. The van der Waals surface area contributed by atoms with Crippen LogP contribution >= 0.6 is 0 Å². The van der Waals surface area contributed by atoms with Crippen LogP contribution in [-0.2, 0) is 9.53 Å². The molecular weight excluding hydrogens is 139 g/mol. The fourth-order valence-corrected chi connectivity index (χ4v) is 0. The van der Waals surface area contributed by atoms with Gasteiger partial charge in [0.15, 0.2) is 0 Å². The molecule has 9 heavy (non-hydrogen) atoms. The molecule has 0 saturated heterocycles. The van der Waals surface area contributed by atoms with Crippen molar-refractivity contribution in [1.82, 2.24) is 0 Å². The first kappa shape index (κ1) is 34.5. The molecule has 0 aromatic rings. The summed E-state index contributed by atoms with van der Waals surface area (Å²) in [6, 6.07) is 0. The molecule has 0 aliphatic rings. The van der Waals surface area contributed by atoms with Gasteiger partial charge in [-0.3, -0.25) is 4.79 Å². The van der Waals surface area contributed by atoms with Gasteiger partial charge in [-0.1, -0.05) is 0 Å². The molecule has 0 heterocycles. The van der Waals surface area contributed by atoms with Crippen LogP contribution in [0.25, 0.3) is 0 Å². The number of carbonyl (C=O) groups excluding carboxylic acids is 1. The van der Waals surface area contributed by atoms with Crippen molar-refractivity contribution in [3.63, 3.8) is 0 Å². The van der Waals surface area contributed by atoms with E-state index in [1.807, 2.05) is 0 Å². The Morgan fingerprint density at radius 2 is 1.44 bits per heavy atom. The van der Waals surface area contributed by atoms with E-state index >= 15 is 0 Å². The molecule has 0 radical (unpaired) electrons. The molecule has 0 aromatic carbocycles. The van der Waals surface area contributed by atoms with E-state index in [0.29, 0.717) is 0 Å². The zero-order chi connectivity index (χ0) is 4.28. The SMILES string of the molecule is COC(C)=O.O.O.O.[H-].[Na+]. The van der Waals surface area contributed by atoms with Crippen molar-refractivity contribution < 1.29 is 56.9 Å². The minimum absolute atomic E-state index is 0. The van der Waals surface area contributed by atoms with Crippen LogP contribution in [0.2, 0.25) is 0 Å². The molecule has 0 amide bonds. The summed E-state index contributed by atoms with van der Waals surface area (Å²) in [7, 11) is 1.35. The van der Waals surface area contributed by atoms with E-state index in [4.69, 9.17) is 0 Å². The predicted octanol–water partition coefficient (Wildman–Crippen LogP) is -5.18. The van der Waals surface area contributed by atoms with Crippen LogP contribution in [0.15, 0.2) is 0 Å². The molecular formula is C3H13NaO5. The van der Waals surface area contributed by atoms with Crippen LogP contribution in [0.5, 0.6) is 0 Å². The van der Waals surface area contributed by atoms with Crippen molar-refractivity contribution in [1.29, 1.82) is 0 Å². The topological polar surface area (TPSA) is 121 Å². The third-order valence-corrected chi connectivity index (χ3v) is 0.287. The van der Waals surface area contributed by atoms with E-state index in [1.54, 1.807) is 0 Å². The standard InChI is InChI=1S/C3H6O2.Na.3H2O.H/c1-3(4)5-2;;;;;/h1-2H3;;3*1H2;/q;+1;;;;-1. The van der Waals surface area contributed by atoms with E-state index in [1.165, 1.54) is 14.0 Å². The molecule has 0 fully saturated rings. The molecule has 0 unspecified atom stereocenters. The Hall–Kier alpha value is 0.350. The van der Waals surface area contributed by atoms with Crippen molar-refractivity contribution in [2.45, 2.75) is 6.92 Å². The van der Waals surface area contributed by atoms with E-state index in [-0.39, 0.29) is 53.4 Å². The molecule has 0 saturated carbocycles. The van der Waals surface area contributed by atoms with Gasteiger partial charge < -0.3 is 22.6 Å². The molecule has 0 atom stereocenters. The van der Waals surface area contributed by atoms with E-state index in [0.717, 1.165) is 0 Å². The van der Waals surface area contributed by atoms with Crippen LogP contribution in [0.4, 0.5) is 0 Å². The Kier molecular flexibility index (Phi) is 91.3. The van der Waals surface area contributed by atoms with Gasteiger partial charge in [0.1, 0.15) is 0 Å². The average molecular weight is 152 g/mol. The summed E-state index contributed by atoms with van der Waals surface area (Å²) in [6.07, 6.45) is 0.